The van der Waals surface area contributed by atoms with Gasteiger partial charge in [-0.05, 0) is 46.6 Å². The van der Waals surface area contributed by atoms with Crippen LogP contribution in [0.15, 0.2) is 47.2 Å². The molecule has 19 heavy (non-hydrogen) atoms. The molecule has 1 aliphatic rings. The molecule has 2 aromatic rings. The number of pyridine rings is 2. The van der Waals surface area contributed by atoms with Crippen molar-refractivity contribution >= 4 is 27.6 Å². The Balaban J connectivity index is 1.62. The van der Waals surface area contributed by atoms with Gasteiger partial charge in [0.15, 0.2) is 0 Å². The first kappa shape index (κ1) is 12.4. The molecule has 0 aromatic carbocycles. The number of rotatable bonds is 3. The van der Waals surface area contributed by atoms with Crippen molar-refractivity contribution in [2.24, 2.45) is 0 Å². The molecule has 1 atom stereocenters. The van der Waals surface area contributed by atoms with E-state index in [2.05, 4.69) is 42.2 Å². The molecule has 0 radical (unpaired) electrons. The molecule has 2 aromatic heterocycles. The van der Waals surface area contributed by atoms with Crippen LogP contribution in [0.2, 0.25) is 0 Å². The lowest BCUT2D eigenvalue weighted by Gasteiger charge is -2.18. The summed E-state index contributed by atoms with van der Waals surface area (Å²) in [6, 6.07) is 10.4. The van der Waals surface area contributed by atoms with Crippen LogP contribution >= 0.6 is 15.9 Å². The summed E-state index contributed by atoms with van der Waals surface area (Å²) < 4.78 is 1.000. The molecular formula is C14H15BrN4. The summed E-state index contributed by atoms with van der Waals surface area (Å²) in [6.07, 6.45) is 4.76. The predicted octanol–water partition coefficient (Wildman–Crippen LogP) is 2.93. The zero-order chi connectivity index (χ0) is 13.1. The Morgan fingerprint density at radius 2 is 2.16 bits per heavy atom. The van der Waals surface area contributed by atoms with Crippen LogP contribution in [0, 0.1) is 0 Å². The van der Waals surface area contributed by atoms with Crippen molar-refractivity contribution in [3.63, 3.8) is 0 Å². The van der Waals surface area contributed by atoms with E-state index in [9.17, 15) is 0 Å². The second-order valence-corrected chi connectivity index (χ2v) is 5.54. The predicted molar refractivity (Wildman–Crippen MR) is 80.4 cm³/mol. The summed E-state index contributed by atoms with van der Waals surface area (Å²) >= 11 is 3.39. The van der Waals surface area contributed by atoms with Gasteiger partial charge in [0.1, 0.15) is 11.6 Å². The van der Waals surface area contributed by atoms with Crippen molar-refractivity contribution in [3.05, 3.63) is 47.2 Å². The van der Waals surface area contributed by atoms with E-state index in [4.69, 9.17) is 0 Å². The summed E-state index contributed by atoms with van der Waals surface area (Å²) in [4.78, 5) is 11.0. The first-order chi connectivity index (χ1) is 9.31. The van der Waals surface area contributed by atoms with E-state index in [1.807, 2.05) is 36.7 Å². The molecule has 0 spiro atoms. The van der Waals surface area contributed by atoms with Crippen LogP contribution in [0.25, 0.3) is 0 Å². The van der Waals surface area contributed by atoms with Gasteiger partial charge in [-0.2, -0.15) is 0 Å². The lowest BCUT2D eigenvalue weighted by molar-refractivity contribution is 0.799. The van der Waals surface area contributed by atoms with Crippen LogP contribution in [-0.2, 0) is 0 Å². The highest BCUT2D eigenvalue weighted by atomic mass is 79.9. The van der Waals surface area contributed by atoms with Gasteiger partial charge in [0, 0.05) is 36.0 Å². The van der Waals surface area contributed by atoms with Crippen molar-refractivity contribution in [3.8, 4) is 0 Å². The molecule has 1 N–H and O–H groups in total. The maximum atomic E-state index is 4.39. The Labute approximate surface area is 121 Å². The van der Waals surface area contributed by atoms with Gasteiger partial charge >= 0.3 is 0 Å². The Morgan fingerprint density at radius 3 is 2.89 bits per heavy atom. The monoisotopic (exact) mass is 318 g/mol. The maximum absolute atomic E-state index is 4.39. The fraction of sp³-hybridized carbons (Fsp3) is 0.286. The third kappa shape index (κ3) is 3.04. The molecule has 1 saturated heterocycles. The van der Waals surface area contributed by atoms with E-state index in [1.165, 1.54) is 0 Å². The minimum atomic E-state index is 0.427. The average molecular weight is 319 g/mol. The van der Waals surface area contributed by atoms with E-state index in [1.54, 1.807) is 0 Å². The van der Waals surface area contributed by atoms with Crippen LogP contribution in [0.1, 0.15) is 6.42 Å². The molecule has 0 amide bonds. The first-order valence-corrected chi connectivity index (χ1v) is 7.14. The quantitative estimate of drug-likeness (QED) is 0.944. The van der Waals surface area contributed by atoms with Crippen LogP contribution in [0.3, 0.4) is 0 Å². The average Bonchev–Trinajstić information content (AvgIpc) is 2.91. The van der Waals surface area contributed by atoms with Crippen molar-refractivity contribution < 1.29 is 0 Å². The molecule has 4 nitrogen and oxygen atoms in total. The summed E-state index contributed by atoms with van der Waals surface area (Å²) in [5.41, 5.74) is 0. The van der Waals surface area contributed by atoms with Gasteiger partial charge in [0.05, 0.1) is 0 Å². The standard InChI is InChI=1S/C14H15BrN4/c15-11-4-5-13(17-9-11)18-12-6-8-19(10-12)14-3-1-2-7-16-14/h1-5,7,9,12H,6,8,10H2,(H,17,18)/t12-/m0/s1. The van der Waals surface area contributed by atoms with Crippen LogP contribution < -0.4 is 10.2 Å². The molecule has 5 heteroatoms. The summed E-state index contributed by atoms with van der Waals surface area (Å²) in [5, 5.41) is 3.47. The third-order valence-electron chi connectivity index (χ3n) is 3.24. The Bertz CT molecular complexity index is 529. The molecule has 98 valence electrons. The van der Waals surface area contributed by atoms with Crippen LogP contribution in [0.4, 0.5) is 11.6 Å². The SMILES string of the molecule is Brc1ccc(N[C@H]2CCN(c3ccccn3)C2)nc1. The van der Waals surface area contributed by atoms with Gasteiger partial charge in [-0.3, -0.25) is 0 Å². The topological polar surface area (TPSA) is 41.0 Å². The van der Waals surface area contributed by atoms with Crippen molar-refractivity contribution in [1.82, 2.24) is 9.97 Å². The van der Waals surface area contributed by atoms with E-state index in [0.717, 1.165) is 35.6 Å². The number of nitrogens with one attached hydrogen (secondary N) is 1. The molecular weight excluding hydrogens is 304 g/mol. The molecule has 1 fully saturated rings. The van der Waals surface area contributed by atoms with E-state index in [0.29, 0.717) is 6.04 Å². The highest BCUT2D eigenvalue weighted by molar-refractivity contribution is 9.10. The number of nitrogens with zero attached hydrogens (tertiary/aromatic N) is 3. The van der Waals surface area contributed by atoms with E-state index >= 15 is 0 Å². The Hall–Kier alpha value is -1.62. The molecule has 0 unspecified atom stereocenters. The fourth-order valence-corrected chi connectivity index (χ4v) is 2.53. The van der Waals surface area contributed by atoms with Gasteiger partial charge in [-0.1, -0.05) is 6.07 Å². The number of hydrogen-bond acceptors (Lipinski definition) is 4. The second kappa shape index (κ2) is 5.57. The van der Waals surface area contributed by atoms with Gasteiger partial charge in [0.2, 0.25) is 0 Å². The number of aromatic nitrogens is 2. The first-order valence-electron chi connectivity index (χ1n) is 6.35. The summed E-state index contributed by atoms with van der Waals surface area (Å²) in [5.74, 6) is 1.98. The highest BCUT2D eigenvalue weighted by Gasteiger charge is 2.23. The molecule has 0 bridgehead atoms. The maximum Gasteiger partial charge on any atom is 0.128 e. The van der Waals surface area contributed by atoms with E-state index in [-0.39, 0.29) is 0 Å². The van der Waals surface area contributed by atoms with Crippen molar-refractivity contribution in [1.29, 1.82) is 0 Å². The lowest BCUT2D eigenvalue weighted by Crippen LogP contribution is -2.26. The summed E-state index contributed by atoms with van der Waals surface area (Å²) in [6.45, 7) is 2.00. The molecule has 0 aliphatic carbocycles. The Morgan fingerprint density at radius 1 is 1.21 bits per heavy atom. The lowest BCUT2D eigenvalue weighted by atomic mass is 10.2. The summed E-state index contributed by atoms with van der Waals surface area (Å²) in [7, 11) is 0. The molecule has 3 rings (SSSR count). The van der Waals surface area contributed by atoms with Crippen molar-refractivity contribution in [2.75, 3.05) is 23.3 Å². The zero-order valence-corrected chi connectivity index (χ0v) is 12.0. The minimum Gasteiger partial charge on any atom is -0.365 e. The molecule has 3 heterocycles. The second-order valence-electron chi connectivity index (χ2n) is 4.63. The van der Waals surface area contributed by atoms with Crippen LogP contribution in [-0.4, -0.2) is 29.1 Å². The van der Waals surface area contributed by atoms with Gasteiger partial charge in [-0.25, -0.2) is 9.97 Å². The normalized spacial score (nSPS) is 18.6. The zero-order valence-electron chi connectivity index (χ0n) is 10.5. The number of anilines is 2. The fourth-order valence-electron chi connectivity index (χ4n) is 2.30. The number of hydrogen-bond donors (Lipinski definition) is 1. The smallest absolute Gasteiger partial charge is 0.128 e. The molecule has 0 saturated carbocycles. The number of halogens is 1. The van der Waals surface area contributed by atoms with Gasteiger partial charge < -0.3 is 10.2 Å². The van der Waals surface area contributed by atoms with Crippen molar-refractivity contribution in [2.45, 2.75) is 12.5 Å². The third-order valence-corrected chi connectivity index (χ3v) is 3.71. The van der Waals surface area contributed by atoms with E-state index < -0.39 is 0 Å². The van der Waals surface area contributed by atoms with Gasteiger partial charge in [-0.15, -0.1) is 0 Å². The highest BCUT2D eigenvalue weighted by Crippen LogP contribution is 2.20. The van der Waals surface area contributed by atoms with Crippen LogP contribution in [0.5, 0.6) is 0 Å². The van der Waals surface area contributed by atoms with Gasteiger partial charge in [0.25, 0.3) is 0 Å². The minimum absolute atomic E-state index is 0.427. The Kier molecular flexibility index (Phi) is 3.64. The molecule has 1 aliphatic heterocycles. The largest absolute Gasteiger partial charge is 0.365 e.